The van der Waals surface area contributed by atoms with Crippen molar-refractivity contribution in [2.75, 3.05) is 23.5 Å². The molecule has 2 rings (SSSR count). The summed E-state index contributed by atoms with van der Waals surface area (Å²) in [6, 6.07) is 14.7. The minimum atomic E-state index is -0.903. The van der Waals surface area contributed by atoms with Crippen molar-refractivity contribution in [1.82, 2.24) is 5.32 Å². The van der Waals surface area contributed by atoms with E-state index in [-0.39, 0.29) is 0 Å². The minimum absolute atomic E-state index is 0.437. The summed E-state index contributed by atoms with van der Waals surface area (Å²) in [7, 11) is 0. The molecule has 1 atom stereocenters. The van der Waals surface area contributed by atoms with Crippen LogP contribution in [0.5, 0.6) is 0 Å². The Hall–Kier alpha value is -3.00. The number of thioether (sulfide) groups is 1. The summed E-state index contributed by atoms with van der Waals surface area (Å²) in [4.78, 5) is 36.7. The van der Waals surface area contributed by atoms with E-state index < -0.39 is 30.6 Å². The summed E-state index contributed by atoms with van der Waals surface area (Å²) >= 11 is 1.50. The molecular weight excluding hydrogens is 366 g/mol. The molecule has 0 saturated carbocycles. The van der Waals surface area contributed by atoms with Crippen LogP contribution in [0, 0.1) is 0 Å². The van der Waals surface area contributed by atoms with Gasteiger partial charge in [-0.3, -0.25) is 4.79 Å². The van der Waals surface area contributed by atoms with Crippen LogP contribution >= 0.6 is 11.8 Å². The third-order valence-corrected chi connectivity index (χ3v) is 4.26. The first-order chi connectivity index (χ1) is 13.0. The molecule has 7 nitrogen and oxygen atoms in total. The molecule has 0 unspecified atom stereocenters. The highest BCUT2D eigenvalue weighted by molar-refractivity contribution is 7.98. The van der Waals surface area contributed by atoms with Gasteiger partial charge in [0.05, 0.1) is 5.69 Å². The number of hydrogen-bond acceptors (Lipinski definition) is 5. The molecule has 142 valence electrons. The van der Waals surface area contributed by atoms with Gasteiger partial charge in [-0.2, -0.15) is 0 Å². The van der Waals surface area contributed by atoms with Gasteiger partial charge in [-0.25, -0.2) is 9.59 Å². The van der Waals surface area contributed by atoms with Crippen molar-refractivity contribution in [3.05, 3.63) is 54.6 Å². The maximum absolute atomic E-state index is 12.0. The molecule has 0 spiro atoms. The third kappa shape index (κ3) is 6.67. The molecule has 0 heterocycles. The number of nitrogens with one attached hydrogen (secondary N) is 3. The Morgan fingerprint density at radius 3 is 2.37 bits per heavy atom. The minimum Gasteiger partial charge on any atom is -0.454 e. The molecule has 8 heteroatoms. The lowest BCUT2D eigenvalue weighted by atomic mass is 10.3. The first kappa shape index (κ1) is 20.3. The van der Waals surface area contributed by atoms with Gasteiger partial charge < -0.3 is 20.7 Å². The molecule has 27 heavy (non-hydrogen) atoms. The quantitative estimate of drug-likeness (QED) is 0.501. The number of ether oxygens (including phenoxy) is 1. The summed E-state index contributed by atoms with van der Waals surface area (Å²) in [6.45, 7) is 1.04. The maximum Gasteiger partial charge on any atom is 0.328 e. The molecule has 0 aliphatic heterocycles. The molecule has 0 saturated heterocycles. The summed E-state index contributed by atoms with van der Waals surface area (Å²) in [6.07, 6.45) is 1.90. The lowest BCUT2D eigenvalue weighted by Gasteiger charge is -2.14. The van der Waals surface area contributed by atoms with E-state index >= 15 is 0 Å². The van der Waals surface area contributed by atoms with E-state index in [9.17, 15) is 14.4 Å². The zero-order valence-corrected chi connectivity index (χ0v) is 15.8. The van der Waals surface area contributed by atoms with Crippen molar-refractivity contribution in [3.63, 3.8) is 0 Å². The zero-order valence-electron chi connectivity index (χ0n) is 15.0. The smallest absolute Gasteiger partial charge is 0.328 e. The first-order valence-electron chi connectivity index (χ1n) is 8.21. The van der Waals surface area contributed by atoms with Crippen LogP contribution < -0.4 is 16.0 Å². The number of benzene rings is 2. The van der Waals surface area contributed by atoms with Gasteiger partial charge in [0.15, 0.2) is 6.61 Å². The van der Waals surface area contributed by atoms with E-state index in [4.69, 9.17) is 4.74 Å². The van der Waals surface area contributed by atoms with Crippen molar-refractivity contribution in [1.29, 1.82) is 0 Å². The van der Waals surface area contributed by atoms with Gasteiger partial charge in [0, 0.05) is 10.6 Å². The van der Waals surface area contributed by atoms with E-state index in [0.717, 1.165) is 4.90 Å². The van der Waals surface area contributed by atoms with E-state index in [1.165, 1.54) is 18.7 Å². The van der Waals surface area contributed by atoms with Gasteiger partial charge in [0.2, 0.25) is 0 Å². The van der Waals surface area contributed by atoms with Crippen molar-refractivity contribution >= 4 is 41.0 Å². The molecule has 0 bridgehead atoms. The molecule has 0 aliphatic rings. The van der Waals surface area contributed by atoms with E-state index in [0.29, 0.717) is 11.4 Å². The number of hydrogen-bond donors (Lipinski definition) is 3. The second kappa shape index (κ2) is 10.2. The number of carbonyl (C=O) groups excluding carboxylic acids is 3. The average molecular weight is 387 g/mol. The summed E-state index contributed by atoms with van der Waals surface area (Å²) < 4.78 is 4.96. The van der Waals surface area contributed by atoms with Crippen molar-refractivity contribution in [3.8, 4) is 0 Å². The number of esters is 1. The predicted molar refractivity (Wildman–Crippen MR) is 106 cm³/mol. The lowest BCUT2D eigenvalue weighted by molar-refractivity contribution is -0.148. The Balaban J connectivity index is 1.77. The van der Waals surface area contributed by atoms with Gasteiger partial charge in [-0.1, -0.05) is 30.3 Å². The van der Waals surface area contributed by atoms with Crippen molar-refractivity contribution in [2.45, 2.75) is 17.9 Å². The second-order valence-corrected chi connectivity index (χ2v) is 6.39. The van der Waals surface area contributed by atoms with E-state index in [1.807, 2.05) is 24.5 Å². The standard InChI is InChI=1S/C19H21N3O4S/c1-13(20-19(25)21-14-8-4-3-5-9-14)18(24)26-12-17(23)22-15-10-6-7-11-16(15)27-2/h3-11,13H,12H2,1-2H3,(H,22,23)(H2,20,21,25)/t13-/m0/s1. The van der Waals surface area contributed by atoms with Gasteiger partial charge in [0.25, 0.3) is 5.91 Å². The number of urea groups is 1. The molecular formula is C19H21N3O4S. The van der Waals surface area contributed by atoms with Crippen LogP contribution in [-0.4, -0.2) is 36.8 Å². The first-order valence-corrected chi connectivity index (χ1v) is 9.44. The number of rotatable bonds is 7. The second-order valence-electron chi connectivity index (χ2n) is 5.54. The Morgan fingerprint density at radius 1 is 1.00 bits per heavy atom. The van der Waals surface area contributed by atoms with Crippen LogP contribution in [0.3, 0.4) is 0 Å². The fourth-order valence-electron chi connectivity index (χ4n) is 2.14. The molecule has 0 fully saturated rings. The van der Waals surface area contributed by atoms with Gasteiger partial charge in [-0.15, -0.1) is 11.8 Å². The number of amides is 3. The van der Waals surface area contributed by atoms with Crippen LogP contribution in [-0.2, 0) is 14.3 Å². The Labute approximate surface area is 161 Å². The van der Waals surface area contributed by atoms with Crippen molar-refractivity contribution in [2.24, 2.45) is 0 Å². The van der Waals surface area contributed by atoms with Crippen LogP contribution in [0.1, 0.15) is 6.92 Å². The topological polar surface area (TPSA) is 96.5 Å². The maximum atomic E-state index is 12.0. The third-order valence-electron chi connectivity index (χ3n) is 3.46. The Bertz CT molecular complexity index is 799. The Morgan fingerprint density at radius 2 is 1.67 bits per heavy atom. The number of carbonyl (C=O) groups is 3. The molecule has 3 amide bonds. The average Bonchev–Trinajstić information content (AvgIpc) is 2.67. The molecule has 2 aromatic rings. The molecule has 3 N–H and O–H groups in total. The van der Waals surface area contributed by atoms with Gasteiger partial charge in [0.1, 0.15) is 6.04 Å². The number of anilines is 2. The van der Waals surface area contributed by atoms with Crippen LogP contribution in [0.25, 0.3) is 0 Å². The fourth-order valence-corrected chi connectivity index (χ4v) is 2.69. The summed E-state index contributed by atoms with van der Waals surface area (Å²) in [5.74, 6) is -1.16. The van der Waals surface area contributed by atoms with Crippen molar-refractivity contribution < 1.29 is 19.1 Å². The molecule has 0 aromatic heterocycles. The SMILES string of the molecule is CSc1ccccc1NC(=O)COC(=O)[C@H](C)NC(=O)Nc1ccccc1. The zero-order chi connectivity index (χ0) is 19.6. The Kier molecular flexibility index (Phi) is 7.69. The van der Waals surface area contributed by atoms with Crippen LogP contribution in [0.15, 0.2) is 59.5 Å². The van der Waals surface area contributed by atoms with Crippen LogP contribution in [0.4, 0.5) is 16.2 Å². The highest BCUT2D eigenvalue weighted by atomic mass is 32.2. The van der Waals surface area contributed by atoms with E-state index in [2.05, 4.69) is 16.0 Å². The monoisotopic (exact) mass is 387 g/mol. The normalized spacial score (nSPS) is 11.2. The van der Waals surface area contributed by atoms with E-state index in [1.54, 1.807) is 36.4 Å². The summed E-state index contributed by atoms with van der Waals surface area (Å²) in [5.41, 5.74) is 1.25. The number of para-hydroxylation sites is 2. The fraction of sp³-hybridized carbons (Fsp3) is 0.211. The predicted octanol–water partition coefficient (Wildman–Crippen LogP) is 3.10. The molecule has 2 aromatic carbocycles. The molecule has 0 aliphatic carbocycles. The van der Waals surface area contributed by atoms with Crippen LogP contribution in [0.2, 0.25) is 0 Å². The van der Waals surface area contributed by atoms with Gasteiger partial charge in [-0.05, 0) is 37.4 Å². The largest absolute Gasteiger partial charge is 0.454 e. The highest BCUT2D eigenvalue weighted by Gasteiger charge is 2.18. The molecule has 0 radical (unpaired) electrons. The lowest BCUT2D eigenvalue weighted by Crippen LogP contribution is -2.42. The van der Waals surface area contributed by atoms with Gasteiger partial charge >= 0.3 is 12.0 Å². The highest BCUT2D eigenvalue weighted by Crippen LogP contribution is 2.24. The summed E-state index contributed by atoms with van der Waals surface area (Å²) in [5, 5.41) is 7.75.